The van der Waals surface area contributed by atoms with Crippen molar-refractivity contribution in [2.24, 2.45) is 18.4 Å². The third kappa shape index (κ3) is 6.52. The Morgan fingerprint density at radius 3 is 2.42 bits per heavy atom. The predicted octanol–water partition coefficient (Wildman–Crippen LogP) is 3.29. The van der Waals surface area contributed by atoms with Crippen LogP contribution in [0.5, 0.6) is 0 Å². The summed E-state index contributed by atoms with van der Waals surface area (Å²) in [4.78, 5) is 44.5. The summed E-state index contributed by atoms with van der Waals surface area (Å²) < 4.78 is 15.3. The van der Waals surface area contributed by atoms with Crippen molar-refractivity contribution >= 4 is 17.9 Å². The standard InChI is InChI=1S/C28H38FN5O4/c1-33-19-30-18-23(33)11-14-31-27(38)32-24(17-20-7-9-22(29)10-8-20)25(35)34-15-12-28(13-16-34,26(36)37)21-5-3-2-4-6-21/h7-10,18-19,21,24H,2-6,11-17H2,1H3,(H,36,37)(H2,31,32,38)/t24-/m1/s1. The van der Waals surface area contributed by atoms with Gasteiger partial charge < -0.3 is 25.2 Å². The summed E-state index contributed by atoms with van der Waals surface area (Å²) in [5, 5.41) is 15.8. The Morgan fingerprint density at radius 2 is 1.82 bits per heavy atom. The second kappa shape index (κ2) is 12.4. The van der Waals surface area contributed by atoms with E-state index in [4.69, 9.17) is 0 Å². The minimum atomic E-state index is -0.857. The molecule has 10 heteroatoms. The number of carbonyl (C=O) groups excluding carboxylic acids is 2. The fourth-order valence-corrected chi connectivity index (χ4v) is 5.99. The molecule has 206 valence electrons. The zero-order valence-electron chi connectivity index (χ0n) is 22.0. The summed E-state index contributed by atoms with van der Waals surface area (Å²) in [5.74, 6) is -1.24. The number of hydrogen-bond donors (Lipinski definition) is 3. The Hall–Kier alpha value is -3.43. The quantitative estimate of drug-likeness (QED) is 0.463. The molecule has 0 radical (unpaired) electrons. The summed E-state index contributed by atoms with van der Waals surface area (Å²) in [7, 11) is 1.88. The highest BCUT2D eigenvalue weighted by molar-refractivity contribution is 5.87. The molecule has 0 spiro atoms. The van der Waals surface area contributed by atoms with Crippen LogP contribution in [-0.2, 0) is 29.5 Å². The van der Waals surface area contributed by atoms with E-state index in [1.165, 1.54) is 12.1 Å². The van der Waals surface area contributed by atoms with Crippen molar-refractivity contribution in [3.63, 3.8) is 0 Å². The first-order chi connectivity index (χ1) is 18.3. The summed E-state index contributed by atoms with van der Waals surface area (Å²) in [6, 6.07) is 4.54. The van der Waals surface area contributed by atoms with E-state index < -0.39 is 23.5 Å². The number of carboxylic acids is 1. The Morgan fingerprint density at radius 1 is 1.13 bits per heavy atom. The molecule has 0 bridgehead atoms. The molecule has 2 fully saturated rings. The fraction of sp³-hybridized carbons (Fsp3) is 0.571. The Kier molecular flexibility index (Phi) is 9.01. The zero-order valence-corrected chi connectivity index (χ0v) is 22.0. The van der Waals surface area contributed by atoms with Gasteiger partial charge in [0.25, 0.3) is 0 Å². The highest BCUT2D eigenvalue weighted by atomic mass is 19.1. The van der Waals surface area contributed by atoms with E-state index in [-0.39, 0.29) is 24.1 Å². The number of imidazole rings is 1. The number of likely N-dealkylation sites (tertiary alicyclic amines) is 1. The summed E-state index contributed by atoms with van der Waals surface area (Å²) in [5.41, 5.74) is 0.900. The van der Waals surface area contributed by atoms with Crippen molar-refractivity contribution in [1.82, 2.24) is 25.1 Å². The lowest BCUT2D eigenvalue weighted by Gasteiger charge is -2.45. The lowest BCUT2D eigenvalue weighted by Crippen LogP contribution is -2.56. The summed E-state index contributed by atoms with van der Waals surface area (Å²) in [6.07, 6.45) is 10.2. The number of piperidine rings is 1. The molecule has 3 N–H and O–H groups in total. The normalized spacial score (nSPS) is 18.5. The molecule has 2 aliphatic rings. The number of carbonyl (C=O) groups is 3. The number of aromatic nitrogens is 2. The molecular formula is C28H38FN5O4. The number of carboxylic acid groups (broad SMARTS) is 1. The van der Waals surface area contributed by atoms with Crippen molar-refractivity contribution in [3.8, 4) is 0 Å². The number of nitrogens with one attached hydrogen (secondary N) is 2. The van der Waals surface area contributed by atoms with Crippen LogP contribution in [0.4, 0.5) is 9.18 Å². The molecule has 2 aromatic rings. The molecule has 1 saturated carbocycles. The van der Waals surface area contributed by atoms with Crippen molar-refractivity contribution in [1.29, 1.82) is 0 Å². The van der Waals surface area contributed by atoms with Gasteiger partial charge in [-0.1, -0.05) is 31.4 Å². The van der Waals surface area contributed by atoms with E-state index in [0.29, 0.717) is 38.9 Å². The molecule has 0 unspecified atom stereocenters. The van der Waals surface area contributed by atoms with Gasteiger partial charge in [0.05, 0.1) is 11.7 Å². The highest BCUT2D eigenvalue weighted by Crippen LogP contribution is 2.46. The van der Waals surface area contributed by atoms with Crippen molar-refractivity contribution in [2.75, 3.05) is 19.6 Å². The molecule has 1 atom stereocenters. The van der Waals surface area contributed by atoms with Crippen LogP contribution in [0.25, 0.3) is 0 Å². The molecule has 1 aliphatic heterocycles. The average molecular weight is 528 g/mol. The van der Waals surface area contributed by atoms with Crippen LogP contribution in [-0.4, -0.2) is 63.1 Å². The first-order valence-electron chi connectivity index (χ1n) is 13.5. The van der Waals surface area contributed by atoms with E-state index in [9.17, 15) is 23.9 Å². The summed E-state index contributed by atoms with van der Waals surface area (Å²) in [6.45, 7) is 1.05. The van der Waals surface area contributed by atoms with Crippen molar-refractivity contribution in [2.45, 2.75) is 63.8 Å². The number of amides is 3. The molecule has 3 amide bonds. The predicted molar refractivity (Wildman–Crippen MR) is 140 cm³/mol. The molecule has 2 heterocycles. The molecular weight excluding hydrogens is 489 g/mol. The minimum Gasteiger partial charge on any atom is -0.481 e. The third-order valence-corrected chi connectivity index (χ3v) is 8.32. The van der Waals surface area contributed by atoms with Gasteiger partial charge in [0.1, 0.15) is 11.9 Å². The monoisotopic (exact) mass is 527 g/mol. The van der Waals surface area contributed by atoms with Gasteiger partial charge in [-0.25, -0.2) is 14.2 Å². The van der Waals surface area contributed by atoms with Crippen LogP contribution in [0.3, 0.4) is 0 Å². The Balaban J connectivity index is 1.40. The number of aliphatic carboxylic acids is 1. The number of hydrogen-bond acceptors (Lipinski definition) is 4. The molecule has 4 rings (SSSR count). The van der Waals surface area contributed by atoms with E-state index in [0.717, 1.165) is 43.4 Å². The fourth-order valence-electron chi connectivity index (χ4n) is 5.99. The van der Waals surface area contributed by atoms with Crippen LogP contribution in [0.1, 0.15) is 56.2 Å². The lowest BCUT2D eigenvalue weighted by atomic mass is 9.64. The number of urea groups is 1. The van der Waals surface area contributed by atoms with Gasteiger partial charge in [-0.3, -0.25) is 9.59 Å². The average Bonchev–Trinajstić information content (AvgIpc) is 3.34. The SMILES string of the molecule is Cn1cncc1CCNC(=O)N[C@H](Cc1ccc(F)cc1)C(=O)N1CCC(C(=O)O)(C2CCCCC2)CC1. The van der Waals surface area contributed by atoms with Crippen LogP contribution < -0.4 is 10.6 Å². The summed E-state index contributed by atoms with van der Waals surface area (Å²) >= 11 is 0. The van der Waals surface area contributed by atoms with E-state index >= 15 is 0 Å². The molecule has 38 heavy (non-hydrogen) atoms. The third-order valence-electron chi connectivity index (χ3n) is 8.32. The number of rotatable bonds is 9. The second-order valence-corrected chi connectivity index (χ2v) is 10.7. The van der Waals surface area contributed by atoms with Gasteiger partial charge >= 0.3 is 12.0 Å². The number of benzene rings is 1. The maximum atomic E-state index is 13.6. The lowest BCUT2D eigenvalue weighted by molar-refractivity contribution is -0.160. The minimum absolute atomic E-state index is 0.143. The van der Waals surface area contributed by atoms with Gasteiger partial charge in [0.15, 0.2) is 0 Å². The maximum Gasteiger partial charge on any atom is 0.315 e. The maximum absolute atomic E-state index is 13.6. The van der Waals surface area contributed by atoms with Crippen LogP contribution in [0.2, 0.25) is 0 Å². The van der Waals surface area contributed by atoms with Gasteiger partial charge in [-0.2, -0.15) is 0 Å². The number of halogens is 1. The van der Waals surface area contributed by atoms with Crippen molar-refractivity contribution in [3.05, 3.63) is 53.9 Å². The Labute approximate surface area is 222 Å². The number of nitrogens with zero attached hydrogens (tertiary/aromatic N) is 3. The van der Waals surface area contributed by atoms with Crippen LogP contribution >= 0.6 is 0 Å². The van der Waals surface area contributed by atoms with E-state index in [1.807, 2.05) is 11.6 Å². The van der Waals surface area contributed by atoms with Crippen LogP contribution in [0.15, 0.2) is 36.8 Å². The molecule has 9 nitrogen and oxygen atoms in total. The largest absolute Gasteiger partial charge is 0.481 e. The second-order valence-electron chi connectivity index (χ2n) is 10.7. The zero-order chi connectivity index (χ0) is 27.1. The smallest absolute Gasteiger partial charge is 0.315 e. The van der Waals surface area contributed by atoms with E-state index in [1.54, 1.807) is 29.6 Å². The molecule has 1 aromatic carbocycles. The molecule has 1 aromatic heterocycles. The van der Waals surface area contributed by atoms with Crippen LogP contribution in [0, 0.1) is 17.2 Å². The molecule has 1 aliphatic carbocycles. The van der Waals surface area contributed by atoms with Crippen molar-refractivity contribution < 1.29 is 23.9 Å². The van der Waals surface area contributed by atoms with Gasteiger partial charge in [0.2, 0.25) is 5.91 Å². The first kappa shape index (κ1) is 27.6. The van der Waals surface area contributed by atoms with E-state index in [2.05, 4.69) is 15.6 Å². The topological polar surface area (TPSA) is 117 Å². The first-order valence-corrected chi connectivity index (χ1v) is 13.5. The van der Waals surface area contributed by atoms with Gasteiger partial charge in [-0.15, -0.1) is 0 Å². The Bertz CT molecular complexity index is 1100. The number of aryl methyl sites for hydroxylation is 1. The van der Waals surface area contributed by atoms with Gasteiger partial charge in [-0.05, 0) is 49.3 Å². The van der Waals surface area contributed by atoms with Gasteiger partial charge in [0, 0.05) is 51.4 Å². The highest BCUT2D eigenvalue weighted by Gasteiger charge is 2.48. The molecule has 1 saturated heterocycles.